The monoisotopic (exact) mass is 277 g/mol. The van der Waals surface area contributed by atoms with Gasteiger partial charge in [0, 0.05) is 25.3 Å². The topological polar surface area (TPSA) is 53.6 Å². The first-order valence-electron chi connectivity index (χ1n) is 7.23. The maximum Gasteiger partial charge on any atom is 0.321 e. The van der Waals surface area contributed by atoms with Crippen LogP contribution in [0.3, 0.4) is 0 Å². The number of urea groups is 1. The Morgan fingerprint density at radius 2 is 1.95 bits per heavy atom. The molecule has 5 nitrogen and oxygen atoms in total. The summed E-state index contributed by atoms with van der Waals surface area (Å²) >= 11 is 0. The number of hydrogen-bond acceptors (Lipinski definition) is 3. The Labute approximate surface area is 120 Å². The molecule has 0 bridgehead atoms. The Kier molecular flexibility index (Phi) is 5.83. The molecular weight excluding hydrogens is 254 g/mol. The van der Waals surface area contributed by atoms with Crippen LogP contribution in [-0.2, 0) is 11.3 Å². The molecule has 1 heterocycles. The molecular formula is C15H23N3O2. The second-order valence-electron chi connectivity index (χ2n) is 4.90. The van der Waals surface area contributed by atoms with Crippen LogP contribution in [0.2, 0.25) is 0 Å². The molecule has 2 rings (SSSR count). The molecule has 2 amide bonds. The lowest BCUT2D eigenvalue weighted by atomic mass is 10.2. The summed E-state index contributed by atoms with van der Waals surface area (Å²) < 4.78 is 5.23. The van der Waals surface area contributed by atoms with Gasteiger partial charge in [-0.25, -0.2) is 4.79 Å². The second kappa shape index (κ2) is 7.87. The lowest BCUT2D eigenvalue weighted by molar-refractivity contribution is 0.0564. The third-order valence-corrected chi connectivity index (χ3v) is 3.26. The molecule has 1 aliphatic heterocycles. The summed E-state index contributed by atoms with van der Waals surface area (Å²) in [7, 11) is 0. The van der Waals surface area contributed by atoms with E-state index >= 15 is 0 Å². The molecule has 0 aliphatic carbocycles. The molecule has 0 radical (unpaired) electrons. The Hall–Kier alpha value is -1.59. The van der Waals surface area contributed by atoms with Crippen LogP contribution in [0, 0.1) is 0 Å². The van der Waals surface area contributed by atoms with Crippen molar-refractivity contribution in [3.8, 4) is 0 Å². The number of nitrogens with one attached hydrogen (secondary N) is 2. The van der Waals surface area contributed by atoms with Gasteiger partial charge >= 0.3 is 6.03 Å². The maximum absolute atomic E-state index is 12.0. The number of hydrogen-bond donors (Lipinski definition) is 2. The normalized spacial score (nSPS) is 15.2. The van der Waals surface area contributed by atoms with Gasteiger partial charge < -0.3 is 20.3 Å². The average Bonchev–Trinajstić information content (AvgIpc) is 2.50. The smallest absolute Gasteiger partial charge is 0.321 e. The predicted octanol–water partition coefficient (Wildman–Crippen LogP) is 2.05. The quantitative estimate of drug-likeness (QED) is 0.810. The largest absolute Gasteiger partial charge is 0.378 e. The van der Waals surface area contributed by atoms with Crippen molar-refractivity contribution in [3.05, 3.63) is 29.8 Å². The van der Waals surface area contributed by atoms with Crippen LogP contribution in [-0.4, -0.2) is 43.8 Å². The minimum Gasteiger partial charge on any atom is -0.378 e. The number of anilines is 1. The molecule has 110 valence electrons. The summed E-state index contributed by atoms with van der Waals surface area (Å²) in [6, 6.07) is 7.92. The van der Waals surface area contributed by atoms with Gasteiger partial charge in [-0.3, -0.25) is 0 Å². The highest BCUT2D eigenvalue weighted by molar-refractivity contribution is 5.89. The van der Waals surface area contributed by atoms with E-state index in [1.54, 1.807) is 4.90 Å². The predicted molar refractivity (Wildman–Crippen MR) is 79.9 cm³/mol. The van der Waals surface area contributed by atoms with E-state index in [1.165, 1.54) is 5.56 Å². The lowest BCUT2D eigenvalue weighted by Gasteiger charge is -2.26. The van der Waals surface area contributed by atoms with Crippen LogP contribution in [0.1, 0.15) is 18.9 Å². The van der Waals surface area contributed by atoms with Crippen molar-refractivity contribution in [2.45, 2.75) is 19.9 Å². The molecule has 0 unspecified atom stereocenters. The number of benzene rings is 1. The third-order valence-electron chi connectivity index (χ3n) is 3.26. The van der Waals surface area contributed by atoms with Crippen LogP contribution in [0.15, 0.2) is 24.3 Å². The zero-order valence-corrected chi connectivity index (χ0v) is 12.0. The average molecular weight is 277 g/mol. The zero-order valence-electron chi connectivity index (χ0n) is 12.0. The summed E-state index contributed by atoms with van der Waals surface area (Å²) in [6.45, 7) is 6.60. The van der Waals surface area contributed by atoms with Gasteiger partial charge in [-0.1, -0.05) is 19.1 Å². The first-order chi connectivity index (χ1) is 9.79. The van der Waals surface area contributed by atoms with E-state index in [2.05, 4.69) is 17.6 Å². The highest BCUT2D eigenvalue weighted by Gasteiger charge is 2.16. The van der Waals surface area contributed by atoms with Gasteiger partial charge in [0.05, 0.1) is 13.2 Å². The molecule has 1 aromatic rings. The van der Waals surface area contributed by atoms with E-state index in [0.29, 0.717) is 26.3 Å². The minimum atomic E-state index is -0.0508. The summed E-state index contributed by atoms with van der Waals surface area (Å²) in [5, 5.41) is 6.27. The van der Waals surface area contributed by atoms with Crippen LogP contribution in [0.5, 0.6) is 0 Å². The van der Waals surface area contributed by atoms with E-state index in [0.717, 1.165) is 25.2 Å². The summed E-state index contributed by atoms with van der Waals surface area (Å²) in [4.78, 5) is 13.8. The first kappa shape index (κ1) is 14.8. The molecule has 1 saturated heterocycles. The third kappa shape index (κ3) is 4.51. The Balaban J connectivity index is 1.81. The number of amides is 2. The Morgan fingerprint density at radius 3 is 2.60 bits per heavy atom. The number of carbonyl (C=O) groups excluding carboxylic acids is 1. The van der Waals surface area contributed by atoms with E-state index in [4.69, 9.17) is 4.74 Å². The minimum absolute atomic E-state index is 0.0508. The zero-order chi connectivity index (χ0) is 14.2. The lowest BCUT2D eigenvalue weighted by Crippen LogP contribution is -2.43. The Morgan fingerprint density at radius 1 is 1.25 bits per heavy atom. The van der Waals surface area contributed by atoms with Crippen molar-refractivity contribution in [3.63, 3.8) is 0 Å². The molecule has 20 heavy (non-hydrogen) atoms. The van der Waals surface area contributed by atoms with Crippen molar-refractivity contribution in [2.75, 3.05) is 38.2 Å². The first-order valence-corrected chi connectivity index (χ1v) is 7.23. The number of carbonyl (C=O) groups is 1. The molecule has 2 N–H and O–H groups in total. The maximum atomic E-state index is 12.0. The standard InChI is InChI=1S/C15H23N3O2/c1-2-7-16-12-13-3-5-14(6-4-13)17-15(19)18-8-10-20-11-9-18/h3-6,16H,2,7-12H2,1H3,(H,17,19). The number of nitrogens with zero attached hydrogens (tertiary/aromatic N) is 1. The van der Waals surface area contributed by atoms with Gasteiger partial charge in [-0.15, -0.1) is 0 Å². The van der Waals surface area contributed by atoms with E-state index < -0.39 is 0 Å². The SMILES string of the molecule is CCCNCc1ccc(NC(=O)N2CCOCC2)cc1. The van der Waals surface area contributed by atoms with Gasteiger partial charge in [0.1, 0.15) is 0 Å². The molecule has 0 saturated carbocycles. The van der Waals surface area contributed by atoms with Gasteiger partial charge in [-0.2, -0.15) is 0 Å². The fourth-order valence-corrected chi connectivity index (χ4v) is 2.08. The second-order valence-corrected chi connectivity index (χ2v) is 4.90. The van der Waals surface area contributed by atoms with Gasteiger partial charge in [0.2, 0.25) is 0 Å². The molecule has 1 aliphatic rings. The summed E-state index contributed by atoms with van der Waals surface area (Å²) in [5.74, 6) is 0. The van der Waals surface area contributed by atoms with Gasteiger partial charge in [0.25, 0.3) is 0 Å². The van der Waals surface area contributed by atoms with Crippen LogP contribution in [0.4, 0.5) is 10.5 Å². The van der Waals surface area contributed by atoms with Crippen molar-refractivity contribution in [1.82, 2.24) is 10.2 Å². The molecule has 0 spiro atoms. The van der Waals surface area contributed by atoms with Crippen LogP contribution < -0.4 is 10.6 Å². The van der Waals surface area contributed by atoms with Crippen LogP contribution in [0.25, 0.3) is 0 Å². The van der Waals surface area contributed by atoms with Crippen molar-refractivity contribution < 1.29 is 9.53 Å². The summed E-state index contributed by atoms with van der Waals surface area (Å²) in [6.07, 6.45) is 1.13. The number of ether oxygens (including phenoxy) is 1. The molecule has 0 atom stereocenters. The highest BCUT2D eigenvalue weighted by Crippen LogP contribution is 2.11. The van der Waals surface area contributed by atoms with Gasteiger partial charge in [-0.05, 0) is 30.7 Å². The molecule has 1 fully saturated rings. The van der Waals surface area contributed by atoms with Gasteiger partial charge in [0.15, 0.2) is 0 Å². The van der Waals surface area contributed by atoms with E-state index in [9.17, 15) is 4.79 Å². The van der Waals surface area contributed by atoms with E-state index in [-0.39, 0.29) is 6.03 Å². The number of morpholine rings is 1. The highest BCUT2D eigenvalue weighted by atomic mass is 16.5. The summed E-state index contributed by atoms with van der Waals surface area (Å²) in [5.41, 5.74) is 2.06. The van der Waals surface area contributed by atoms with Crippen molar-refractivity contribution in [2.24, 2.45) is 0 Å². The van der Waals surface area contributed by atoms with E-state index in [1.807, 2.05) is 24.3 Å². The van der Waals surface area contributed by atoms with Crippen molar-refractivity contribution in [1.29, 1.82) is 0 Å². The van der Waals surface area contributed by atoms with Crippen LogP contribution >= 0.6 is 0 Å². The fraction of sp³-hybridized carbons (Fsp3) is 0.533. The molecule has 1 aromatic carbocycles. The Bertz CT molecular complexity index is 414. The fourth-order valence-electron chi connectivity index (χ4n) is 2.08. The van der Waals surface area contributed by atoms with Crippen molar-refractivity contribution >= 4 is 11.7 Å². The molecule has 0 aromatic heterocycles. The molecule has 5 heteroatoms. The number of rotatable bonds is 5.